The van der Waals surface area contributed by atoms with E-state index in [1.807, 2.05) is 36.4 Å². The van der Waals surface area contributed by atoms with Gasteiger partial charge in [-0.25, -0.2) is 9.38 Å². The zero-order chi connectivity index (χ0) is 14.8. The Labute approximate surface area is 128 Å². The second-order valence-corrected chi connectivity index (χ2v) is 6.18. The molecule has 1 aliphatic carbocycles. The van der Waals surface area contributed by atoms with Crippen LogP contribution in [0.4, 0.5) is 0 Å². The molecule has 0 fully saturated rings. The van der Waals surface area contributed by atoms with E-state index < -0.39 is 0 Å². The third-order valence-corrected chi connectivity index (χ3v) is 5.05. The van der Waals surface area contributed by atoms with E-state index in [1.165, 1.54) is 11.3 Å². The number of hydrogen-bond donors (Lipinski definition) is 0. The van der Waals surface area contributed by atoms with Crippen LogP contribution >= 0.6 is 11.3 Å². The molecule has 1 aliphatic rings. The van der Waals surface area contributed by atoms with Crippen LogP contribution in [0.3, 0.4) is 0 Å². The highest BCUT2D eigenvalue weighted by atomic mass is 32.1. The van der Waals surface area contributed by atoms with Crippen molar-refractivity contribution in [3.63, 3.8) is 0 Å². The van der Waals surface area contributed by atoms with E-state index >= 15 is 0 Å². The number of thiazole rings is 1. The number of aromatic nitrogens is 2. The van der Waals surface area contributed by atoms with Gasteiger partial charge in [0.25, 0.3) is 5.56 Å². The molecule has 0 atom stereocenters. The summed E-state index contributed by atoms with van der Waals surface area (Å²) in [6.45, 7) is 0. The predicted octanol–water partition coefficient (Wildman–Crippen LogP) is 3.12. The Hall–Kier alpha value is -2.79. The van der Waals surface area contributed by atoms with Crippen molar-refractivity contribution in [2.75, 3.05) is 0 Å². The van der Waals surface area contributed by atoms with Gasteiger partial charge in [0.05, 0.1) is 16.6 Å². The zero-order valence-electron chi connectivity index (χ0n) is 11.2. The monoisotopic (exact) mass is 304 g/mol. The second kappa shape index (κ2) is 3.90. The standard InChI is InChI=1S/C17H8N2O2S/c20-14-10-6-2-1-5-9(10)13-15(14)22-17-18-12-8-4-3-7-11(12)16(21)19(13)17/h1-8H. The Morgan fingerprint density at radius 2 is 1.64 bits per heavy atom. The van der Waals surface area contributed by atoms with E-state index in [9.17, 15) is 9.59 Å². The Bertz CT molecular complexity index is 1170. The number of hydrogen-bond acceptors (Lipinski definition) is 4. The summed E-state index contributed by atoms with van der Waals surface area (Å²) in [5.41, 5.74) is 2.69. The minimum atomic E-state index is -0.123. The van der Waals surface area contributed by atoms with E-state index in [-0.39, 0.29) is 11.3 Å². The van der Waals surface area contributed by atoms with Crippen molar-refractivity contribution in [3.8, 4) is 11.3 Å². The summed E-state index contributed by atoms with van der Waals surface area (Å²) in [5, 5.41) is 0.567. The first-order valence-corrected chi connectivity index (χ1v) is 7.66. The van der Waals surface area contributed by atoms with E-state index in [4.69, 9.17) is 0 Å². The first-order valence-electron chi connectivity index (χ1n) is 6.84. The van der Waals surface area contributed by atoms with Crippen molar-refractivity contribution in [2.24, 2.45) is 0 Å². The molecule has 0 bridgehead atoms. The molecule has 0 aliphatic heterocycles. The highest BCUT2D eigenvalue weighted by Crippen LogP contribution is 2.40. The van der Waals surface area contributed by atoms with Crippen LogP contribution in [0, 0.1) is 0 Å². The van der Waals surface area contributed by atoms with Crippen molar-refractivity contribution >= 4 is 33.0 Å². The van der Waals surface area contributed by atoms with Gasteiger partial charge in [-0.1, -0.05) is 47.7 Å². The number of para-hydroxylation sites is 1. The van der Waals surface area contributed by atoms with Crippen LogP contribution in [0.5, 0.6) is 0 Å². The molecular weight excluding hydrogens is 296 g/mol. The first-order chi connectivity index (χ1) is 10.8. The highest BCUT2D eigenvalue weighted by Gasteiger charge is 2.32. The quantitative estimate of drug-likeness (QED) is 0.442. The molecule has 5 rings (SSSR count). The normalized spacial score (nSPS) is 12.8. The number of rotatable bonds is 0. The summed E-state index contributed by atoms with van der Waals surface area (Å²) >= 11 is 1.28. The van der Waals surface area contributed by atoms with Crippen LogP contribution in [-0.2, 0) is 0 Å². The molecule has 22 heavy (non-hydrogen) atoms. The summed E-state index contributed by atoms with van der Waals surface area (Å²) in [6, 6.07) is 14.7. The van der Waals surface area contributed by atoms with Crippen LogP contribution in [0.1, 0.15) is 15.2 Å². The third-order valence-electron chi connectivity index (χ3n) is 4.01. The average molecular weight is 304 g/mol. The molecule has 0 amide bonds. The molecule has 4 nitrogen and oxygen atoms in total. The van der Waals surface area contributed by atoms with Gasteiger partial charge >= 0.3 is 0 Å². The summed E-state index contributed by atoms with van der Waals surface area (Å²) in [7, 11) is 0. The van der Waals surface area contributed by atoms with Gasteiger partial charge in [-0.05, 0) is 12.1 Å². The SMILES string of the molecule is O=C1c2ccccc2-c2c1sc1nc3ccccc3c(=O)n21. The minimum absolute atomic E-state index is 0.0236. The van der Waals surface area contributed by atoms with Crippen LogP contribution < -0.4 is 5.56 Å². The maximum atomic E-state index is 12.8. The number of nitrogens with zero attached hydrogens (tertiary/aromatic N) is 2. The van der Waals surface area contributed by atoms with Gasteiger partial charge in [0.2, 0.25) is 5.78 Å². The Morgan fingerprint density at radius 3 is 2.50 bits per heavy atom. The van der Waals surface area contributed by atoms with E-state index in [2.05, 4.69) is 4.98 Å². The lowest BCUT2D eigenvalue weighted by Gasteiger charge is -2.02. The minimum Gasteiger partial charge on any atom is -0.288 e. The highest BCUT2D eigenvalue weighted by molar-refractivity contribution is 7.19. The molecule has 2 heterocycles. The molecule has 0 spiro atoms. The lowest BCUT2D eigenvalue weighted by atomic mass is 10.1. The maximum Gasteiger partial charge on any atom is 0.266 e. The zero-order valence-corrected chi connectivity index (χ0v) is 12.1. The largest absolute Gasteiger partial charge is 0.288 e. The van der Waals surface area contributed by atoms with Crippen molar-refractivity contribution in [2.45, 2.75) is 0 Å². The molecule has 0 unspecified atom stereocenters. The van der Waals surface area contributed by atoms with Gasteiger partial charge in [0.15, 0.2) is 4.96 Å². The first kappa shape index (κ1) is 11.8. The fourth-order valence-corrected chi connectivity index (χ4v) is 4.12. The van der Waals surface area contributed by atoms with Crippen LogP contribution in [0.25, 0.3) is 27.1 Å². The smallest absolute Gasteiger partial charge is 0.266 e. The van der Waals surface area contributed by atoms with Gasteiger partial charge in [-0.2, -0.15) is 0 Å². The molecule has 2 aromatic heterocycles. The van der Waals surface area contributed by atoms with Crippen molar-refractivity contribution < 1.29 is 4.79 Å². The molecule has 0 saturated carbocycles. The number of ketones is 1. The second-order valence-electron chi connectivity index (χ2n) is 5.21. The van der Waals surface area contributed by atoms with Crippen LogP contribution in [-0.4, -0.2) is 15.2 Å². The number of carbonyl (C=O) groups is 1. The fourth-order valence-electron chi connectivity index (χ4n) is 3.03. The lowest BCUT2D eigenvalue weighted by Crippen LogP contribution is -2.14. The Balaban J connectivity index is 2.04. The molecule has 0 N–H and O–H groups in total. The van der Waals surface area contributed by atoms with E-state index in [0.717, 1.165) is 5.56 Å². The number of fused-ring (bicyclic) bond motifs is 6. The topological polar surface area (TPSA) is 51.4 Å². The van der Waals surface area contributed by atoms with Gasteiger partial charge < -0.3 is 0 Å². The third kappa shape index (κ3) is 1.29. The summed E-state index contributed by atoms with van der Waals surface area (Å²) in [5.74, 6) is -0.0236. The van der Waals surface area contributed by atoms with Gasteiger partial charge in [-0.15, -0.1) is 0 Å². The van der Waals surface area contributed by atoms with Gasteiger partial charge in [0.1, 0.15) is 4.88 Å². The molecule has 4 aromatic rings. The molecule has 0 saturated heterocycles. The van der Waals surface area contributed by atoms with Crippen molar-refractivity contribution in [1.82, 2.24) is 9.38 Å². The molecule has 0 radical (unpaired) electrons. The predicted molar refractivity (Wildman–Crippen MR) is 85.7 cm³/mol. The Kier molecular flexibility index (Phi) is 2.09. The molecule has 104 valence electrons. The average Bonchev–Trinajstić information content (AvgIpc) is 3.05. The lowest BCUT2D eigenvalue weighted by molar-refractivity contribution is 0.104. The van der Waals surface area contributed by atoms with Crippen molar-refractivity contribution in [3.05, 3.63) is 69.3 Å². The molecule has 2 aromatic carbocycles. The van der Waals surface area contributed by atoms with Crippen LogP contribution in [0.2, 0.25) is 0 Å². The van der Waals surface area contributed by atoms with Crippen molar-refractivity contribution in [1.29, 1.82) is 0 Å². The van der Waals surface area contributed by atoms with Crippen LogP contribution in [0.15, 0.2) is 53.3 Å². The Morgan fingerprint density at radius 1 is 0.909 bits per heavy atom. The number of carbonyl (C=O) groups excluding carboxylic acids is 1. The summed E-state index contributed by atoms with van der Waals surface area (Å²) in [6.07, 6.45) is 0. The summed E-state index contributed by atoms with van der Waals surface area (Å²) < 4.78 is 1.58. The maximum absolute atomic E-state index is 12.8. The summed E-state index contributed by atoms with van der Waals surface area (Å²) in [4.78, 5) is 31.1. The van der Waals surface area contributed by atoms with Gasteiger partial charge in [-0.3, -0.25) is 9.59 Å². The fraction of sp³-hybridized carbons (Fsp3) is 0. The number of benzene rings is 2. The van der Waals surface area contributed by atoms with E-state index in [1.54, 1.807) is 16.5 Å². The van der Waals surface area contributed by atoms with E-state index in [0.29, 0.717) is 32.0 Å². The molecular formula is C17H8N2O2S. The van der Waals surface area contributed by atoms with Gasteiger partial charge in [0, 0.05) is 11.1 Å². The molecule has 5 heteroatoms.